The lowest BCUT2D eigenvalue weighted by molar-refractivity contribution is -0.302. The third-order valence-electron chi connectivity index (χ3n) is 16.2. The van der Waals surface area contributed by atoms with Crippen LogP contribution in [0.5, 0.6) is 0 Å². The molecule has 1 amide bonds. The van der Waals surface area contributed by atoms with Crippen molar-refractivity contribution >= 4 is 5.91 Å². The Hall–Kier alpha value is -2.37. The Kier molecular flexibility index (Phi) is 57.5. The highest BCUT2D eigenvalue weighted by Crippen LogP contribution is 2.23. The molecule has 7 atom stereocenters. The van der Waals surface area contributed by atoms with Gasteiger partial charge >= 0.3 is 0 Å². The maximum absolute atomic E-state index is 13.1. The maximum Gasteiger partial charge on any atom is 0.220 e. The molecule has 7 unspecified atom stereocenters. The van der Waals surface area contributed by atoms with E-state index in [2.05, 4.69) is 79.9 Å². The zero-order valence-corrected chi connectivity index (χ0v) is 52.8. The number of ether oxygens (including phenoxy) is 2. The van der Waals surface area contributed by atoms with Crippen LogP contribution in [0.4, 0.5) is 0 Å². The van der Waals surface area contributed by atoms with Gasteiger partial charge in [-0.3, -0.25) is 4.79 Å². The number of allylic oxidation sites excluding steroid dienone is 11. The number of hydrogen-bond donors (Lipinski definition) is 6. The molecule has 0 radical (unpaired) electrons. The van der Waals surface area contributed by atoms with Crippen LogP contribution in [0, 0.1) is 0 Å². The van der Waals surface area contributed by atoms with E-state index < -0.39 is 49.5 Å². The van der Waals surface area contributed by atoms with Gasteiger partial charge in [-0.15, -0.1) is 0 Å². The first-order valence-corrected chi connectivity index (χ1v) is 34.7. The van der Waals surface area contributed by atoms with Gasteiger partial charge in [-0.25, -0.2) is 0 Å². The average molecular weight is 1140 g/mol. The molecule has 1 aliphatic heterocycles. The van der Waals surface area contributed by atoms with Gasteiger partial charge in [0.25, 0.3) is 0 Å². The maximum atomic E-state index is 13.1. The van der Waals surface area contributed by atoms with E-state index in [9.17, 15) is 30.3 Å². The van der Waals surface area contributed by atoms with Gasteiger partial charge < -0.3 is 40.3 Å². The van der Waals surface area contributed by atoms with Gasteiger partial charge in [0.2, 0.25) is 5.91 Å². The van der Waals surface area contributed by atoms with Crippen molar-refractivity contribution in [1.82, 2.24) is 5.32 Å². The Bertz CT molecular complexity index is 1510. The highest BCUT2D eigenvalue weighted by molar-refractivity contribution is 5.76. The molecule has 0 bridgehead atoms. The lowest BCUT2D eigenvalue weighted by atomic mass is 9.99. The van der Waals surface area contributed by atoms with Gasteiger partial charge in [-0.2, -0.15) is 0 Å². The Morgan fingerprint density at radius 1 is 0.420 bits per heavy atom. The molecule has 1 rings (SSSR count). The number of hydrogen-bond acceptors (Lipinski definition) is 8. The zero-order chi connectivity index (χ0) is 58.6. The van der Waals surface area contributed by atoms with E-state index in [4.69, 9.17) is 9.47 Å². The standard InChI is InChI=1S/C72H131NO8/c1-3-5-7-9-11-13-15-17-19-21-23-25-27-28-29-30-31-32-33-34-35-36-37-38-40-42-44-46-48-50-52-54-56-58-60-62-68(76)73-65(64-80-72-71(79)70(78)69(77)67(63-74)81-72)66(75)61-59-57-55-53-51-49-47-45-43-41-39-26-24-22-20-18-16-14-12-10-8-6-4-2/h15,17,21,23,27-28,43,45,51,53,59,61,65-67,69-72,74-75,77-79H,3-14,16,18-20,22,24-26,29-42,44,46-50,52,54-58,60,62-64H2,1-2H3,(H,73,76)/b17-15-,23-21-,28-27-,45-43+,53-51+,61-59+. The summed E-state index contributed by atoms with van der Waals surface area (Å²) in [5.41, 5.74) is 0. The fourth-order valence-corrected chi connectivity index (χ4v) is 10.8. The van der Waals surface area contributed by atoms with Crippen LogP contribution in [-0.4, -0.2) is 87.5 Å². The topological polar surface area (TPSA) is 149 Å². The molecule has 81 heavy (non-hydrogen) atoms. The molecule has 0 aromatic carbocycles. The Labute approximate surface area is 499 Å². The predicted octanol–water partition coefficient (Wildman–Crippen LogP) is 18.8. The predicted molar refractivity (Wildman–Crippen MR) is 345 cm³/mol. The molecule has 9 nitrogen and oxygen atoms in total. The number of rotatable bonds is 60. The van der Waals surface area contributed by atoms with E-state index in [1.54, 1.807) is 6.08 Å². The number of unbranched alkanes of at least 4 members (excludes halogenated alkanes) is 40. The third-order valence-corrected chi connectivity index (χ3v) is 16.2. The highest BCUT2D eigenvalue weighted by Gasteiger charge is 2.44. The van der Waals surface area contributed by atoms with E-state index in [1.807, 2.05) is 6.08 Å². The molecule has 0 saturated carbocycles. The SMILES string of the molecule is CCCCCCC/C=C\C/C=C\C/C=C\CCCCCCCCCCCCCCCCCCCCCCC(=O)NC(COC1OC(CO)C(O)C(O)C1O)C(O)/C=C/CC/C=C/CC/C=C/CCCCCCCCCCCCCCC. The van der Waals surface area contributed by atoms with E-state index in [1.165, 1.54) is 244 Å². The molecule has 6 N–H and O–H groups in total. The van der Waals surface area contributed by atoms with Crippen molar-refractivity contribution < 1.29 is 39.8 Å². The second-order valence-electron chi connectivity index (χ2n) is 24.0. The van der Waals surface area contributed by atoms with Crippen molar-refractivity contribution in [3.05, 3.63) is 72.9 Å². The van der Waals surface area contributed by atoms with Gasteiger partial charge in [0.15, 0.2) is 6.29 Å². The van der Waals surface area contributed by atoms with Crippen LogP contribution in [0.2, 0.25) is 0 Å². The van der Waals surface area contributed by atoms with Crippen LogP contribution in [-0.2, 0) is 14.3 Å². The van der Waals surface area contributed by atoms with Crippen molar-refractivity contribution in [3.8, 4) is 0 Å². The molecule has 0 spiro atoms. The van der Waals surface area contributed by atoms with Crippen molar-refractivity contribution in [3.63, 3.8) is 0 Å². The molecule has 0 aliphatic carbocycles. The van der Waals surface area contributed by atoms with Gasteiger partial charge in [0.05, 0.1) is 25.4 Å². The van der Waals surface area contributed by atoms with Crippen molar-refractivity contribution in [1.29, 1.82) is 0 Å². The lowest BCUT2D eigenvalue weighted by Gasteiger charge is -2.40. The van der Waals surface area contributed by atoms with Crippen molar-refractivity contribution in [2.45, 2.75) is 365 Å². The first-order valence-electron chi connectivity index (χ1n) is 34.7. The number of carbonyl (C=O) groups excluding carboxylic acids is 1. The van der Waals surface area contributed by atoms with Crippen LogP contribution >= 0.6 is 0 Å². The van der Waals surface area contributed by atoms with Crippen LogP contribution in [0.25, 0.3) is 0 Å². The molecule has 1 heterocycles. The summed E-state index contributed by atoms with van der Waals surface area (Å²) < 4.78 is 11.3. The quantitative estimate of drug-likeness (QED) is 0.0261. The Morgan fingerprint density at radius 2 is 0.741 bits per heavy atom. The number of carbonyl (C=O) groups is 1. The highest BCUT2D eigenvalue weighted by atomic mass is 16.7. The Morgan fingerprint density at radius 3 is 1.12 bits per heavy atom. The summed E-state index contributed by atoms with van der Waals surface area (Å²) in [4.78, 5) is 13.1. The monoisotopic (exact) mass is 1140 g/mol. The smallest absolute Gasteiger partial charge is 0.220 e. The van der Waals surface area contributed by atoms with Crippen LogP contribution < -0.4 is 5.32 Å². The molecule has 1 aliphatic rings. The lowest BCUT2D eigenvalue weighted by Crippen LogP contribution is -2.60. The molecule has 0 aromatic heterocycles. The van der Waals surface area contributed by atoms with Crippen LogP contribution in [0.15, 0.2) is 72.9 Å². The van der Waals surface area contributed by atoms with Crippen LogP contribution in [0.3, 0.4) is 0 Å². The largest absolute Gasteiger partial charge is 0.394 e. The van der Waals surface area contributed by atoms with Gasteiger partial charge in [-0.1, -0.05) is 305 Å². The fourth-order valence-electron chi connectivity index (χ4n) is 10.8. The minimum atomic E-state index is -1.58. The fraction of sp³-hybridized carbons (Fsp3) is 0.819. The summed E-state index contributed by atoms with van der Waals surface area (Å²) in [6.07, 6.45) is 78.6. The summed E-state index contributed by atoms with van der Waals surface area (Å²) in [7, 11) is 0. The normalized spacial score (nSPS) is 18.8. The zero-order valence-electron chi connectivity index (χ0n) is 52.8. The van der Waals surface area contributed by atoms with Crippen LogP contribution in [0.1, 0.15) is 322 Å². The molecular formula is C72H131NO8. The summed E-state index contributed by atoms with van der Waals surface area (Å²) in [6, 6.07) is -0.831. The molecule has 1 saturated heterocycles. The third kappa shape index (κ3) is 49.6. The van der Waals surface area contributed by atoms with E-state index in [-0.39, 0.29) is 12.5 Å². The van der Waals surface area contributed by atoms with Gasteiger partial charge in [-0.05, 0) is 83.5 Å². The summed E-state index contributed by atoms with van der Waals surface area (Å²) >= 11 is 0. The Balaban J connectivity index is 2.14. The van der Waals surface area contributed by atoms with Crippen molar-refractivity contribution in [2.75, 3.05) is 13.2 Å². The number of aliphatic hydroxyl groups excluding tert-OH is 5. The molecule has 0 aromatic rings. The van der Waals surface area contributed by atoms with E-state index in [0.29, 0.717) is 6.42 Å². The second kappa shape index (κ2) is 60.7. The second-order valence-corrected chi connectivity index (χ2v) is 24.0. The van der Waals surface area contributed by atoms with Gasteiger partial charge in [0.1, 0.15) is 24.4 Å². The summed E-state index contributed by atoms with van der Waals surface area (Å²) in [5, 5.41) is 54.7. The van der Waals surface area contributed by atoms with E-state index in [0.717, 1.165) is 57.8 Å². The van der Waals surface area contributed by atoms with Crippen molar-refractivity contribution in [2.24, 2.45) is 0 Å². The van der Waals surface area contributed by atoms with E-state index >= 15 is 0 Å². The molecular weight excluding hydrogens is 1010 g/mol. The van der Waals surface area contributed by atoms with Gasteiger partial charge in [0, 0.05) is 6.42 Å². The minimum absolute atomic E-state index is 0.187. The molecule has 1 fully saturated rings. The molecule has 472 valence electrons. The number of nitrogens with one attached hydrogen (secondary N) is 1. The first kappa shape index (κ1) is 76.6. The summed E-state index contributed by atoms with van der Waals surface area (Å²) in [5.74, 6) is -0.187. The molecule has 9 heteroatoms. The number of aliphatic hydroxyl groups is 5. The first-order chi connectivity index (χ1) is 39.8. The number of amides is 1. The summed E-state index contributed by atoms with van der Waals surface area (Å²) in [6.45, 7) is 3.78. The average Bonchev–Trinajstić information content (AvgIpc) is 3.48. The minimum Gasteiger partial charge on any atom is -0.394 e.